The monoisotopic (exact) mass is 291 g/mol. The molecule has 0 amide bonds. The molecule has 0 saturated carbocycles. The minimum Gasteiger partial charge on any atom is -0.353 e. The molecule has 1 saturated heterocycles. The van der Waals surface area contributed by atoms with Crippen LogP contribution in [0.2, 0.25) is 0 Å². The van der Waals surface area contributed by atoms with E-state index >= 15 is 0 Å². The summed E-state index contributed by atoms with van der Waals surface area (Å²) in [6.45, 7) is 12.9. The van der Waals surface area contributed by atoms with Crippen LogP contribution in [0.3, 0.4) is 0 Å². The first-order valence-corrected chi connectivity index (χ1v) is 8.25. The van der Waals surface area contributed by atoms with E-state index in [4.69, 9.17) is 4.98 Å². The topological polar surface area (TPSA) is 44.3 Å². The summed E-state index contributed by atoms with van der Waals surface area (Å²) >= 11 is 0. The summed E-state index contributed by atoms with van der Waals surface area (Å²) in [5.41, 5.74) is 1.03. The molecular formula is C16H29N5. The van der Waals surface area contributed by atoms with Gasteiger partial charge in [0.1, 0.15) is 5.82 Å². The van der Waals surface area contributed by atoms with Crippen LogP contribution in [-0.4, -0.2) is 53.6 Å². The van der Waals surface area contributed by atoms with Crippen molar-refractivity contribution in [2.24, 2.45) is 0 Å². The summed E-state index contributed by atoms with van der Waals surface area (Å²) in [5.74, 6) is 1.02. The number of nitrogens with one attached hydrogen (secondary N) is 1. The maximum atomic E-state index is 4.74. The van der Waals surface area contributed by atoms with Gasteiger partial charge in [-0.15, -0.1) is 0 Å². The lowest BCUT2D eigenvalue weighted by Gasteiger charge is -2.38. The van der Waals surface area contributed by atoms with E-state index in [0.29, 0.717) is 6.04 Å². The summed E-state index contributed by atoms with van der Waals surface area (Å²) < 4.78 is 0. The van der Waals surface area contributed by atoms with Gasteiger partial charge >= 0.3 is 0 Å². The third-order valence-electron chi connectivity index (χ3n) is 4.26. The zero-order chi connectivity index (χ0) is 15.1. The first-order valence-electron chi connectivity index (χ1n) is 8.25. The lowest BCUT2D eigenvalue weighted by Crippen LogP contribution is -2.49. The van der Waals surface area contributed by atoms with Crippen LogP contribution in [0.4, 0.5) is 5.82 Å². The van der Waals surface area contributed by atoms with Crippen LogP contribution in [0.1, 0.15) is 39.3 Å². The van der Waals surface area contributed by atoms with E-state index in [1.807, 2.05) is 12.4 Å². The molecule has 1 atom stereocenters. The van der Waals surface area contributed by atoms with Gasteiger partial charge in [-0.2, -0.15) is 0 Å². The minimum atomic E-state index is 0.683. The molecule has 1 fully saturated rings. The predicted octanol–water partition coefficient (Wildman–Crippen LogP) is 1.90. The Morgan fingerprint density at radius 3 is 2.62 bits per heavy atom. The van der Waals surface area contributed by atoms with Gasteiger partial charge in [0.2, 0.25) is 0 Å². The van der Waals surface area contributed by atoms with Gasteiger partial charge in [-0.25, -0.2) is 4.98 Å². The van der Waals surface area contributed by atoms with Crippen LogP contribution in [-0.2, 0) is 6.54 Å². The largest absolute Gasteiger partial charge is 0.353 e. The normalized spacial score (nSPS) is 18.0. The summed E-state index contributed by atoms with van der Waals surface area (Å²) in [5, 5.41) is 3.38. The van der Waals surface area contributed by atoms with E-state index in [1.165, 1.54) is 6.42 Å². The van der Waals surface area contributed by atoms with Crippen LogP contribution in [0.5, 0.6) is 0 Å². The molecule has 2 heterocycles. The molecule has 1 unspecified atom stereocenters. The van der Waals surface area contributed by atoms with E-state index in [9.17, 15) is 0 Å². The Bertz CT molecular complexity index is 415. The van der Waals surface area contributed by atoms with Crippen molar-refractivity contribution in [3.8, 4) is 0 Å². The molecule has 1 aliphatic heterocycles. The van der Waals surface area contributed by atoms with Gasteiger partial charge in [-0.05, 0) is 26.3 Å². The van der Waals surface area contributed by atoms with E-state index < -0.39 is 0 Å². The Morgan fingerprint density at radius 1 is 1.19 bits per heavy atom. The molecule has 21 heavy (non-hydrogen) atoms. The number of hydrogen-bond acceptors (Lipinski definition) is 5. The van der Waals surface area contributed by atoms with Crippen LogP contribution < -0.4 is 10.2 Å². The highest BCUT2D eigenvalue weighted by atomic mass is 15.3. The van der Waals surface area contributed by atoms with E-state index in [2.05, 4.69) is 40.9 Å². The van der Waals surface area contributed by atoms with Gasteiger partial charge in [0, 0.05) is 45.0 Å². The number of nitrogens with zero attached hydrogens (tertiary/aromatic N) is 4. The molecule has 118 valence electrons. The SMILES string of the molecule is CCCNCc1cncc(N2CCN(C(C)CC)CC2)n1. The molecule has 1 aliphatic rings. The highest BCUT2D eigenvalue weighted by Crippen LogP contribution is 2.15. The van der Waals surface area contributed by atoms with Crippen molar-refractivity contribution in [1.82, 2.24) is 20.2 Å². The molecular weight excluding hydrogens is 262 g/mol. The van der Waals surface area contributed by atoms with Crippen molar-refractivity contribution in [3.05, 3.63) is 18.1 Å². The van der Waals surface area contributed by atoms with Gasteiger partial charge in [0.05, 0.1) is 11.9 Å². The molecule has 0 aromatic carbocycles. The van der Waals surface area contributed by atoms with Gasteiger partial charge in [0.15, 0.2) is 0 Å². The fourth-order valence-electron chi connectivity index (χ4n) is 2.68. The summed E-state index contributed by atoms with van der Waals surface area (Å²) in [7, 11) is 0. The number of piperazine rings is 1. The van der Waals surface area contributed by atoms with Crippen molar-refractivity contribution in [1.29, 1.82) is 0 Å². The fourth-order valence-corrected chi connectivity index (χ4v) is 2.68. The third-order valence-corrected chi connectivity index (χ3v) is 4.26. The zero-order valence-corrected chi connectivity index (χ0v) is 13.7. The number of rotatable bonds is 7. The standard InChI is InChI=1S/C16H29N5/c1-4-6-17-11-15-12-18-13-16(19-15)21-9-7-20(8-10-21)14(3)5-2/h12-14,17H,4-11H2,1-3H3. The smallest absolute Gasteiger partial charge is 0.147 e. The molecule has 5 nitrogen and oxygen atoms in total. The summed E-state index contributed by atoms with van der Waals surface area (Å²) in [6, 6.07) is 0.683. The second kappa shape index (κ2) is 8.29. The van der Waals surface area contributed by atoms with Gasteiger partial charge in [-0.1, -0.05) is 13.8 Å². The molecule has 0 aliphatic carbocycles. The number of aromatic nitrogens is 2. The van der Waals surface area contributed by atoms with Crippen molar-refractivity contribution in [2.75, 3.05) is 37.6 Å². The number of hydrogen-bond donors (Lipinski definition) is 1. The fraction of sp³-hybridized carbons (Fsp3) is 0.750. The lowest BCUT2D eigenvalue weighted by molar-refractivity contribution is 0.192. The van der Waals surface area contributed by atoms with Crippen molar-refractivity contribution in [3.63, 3.8) is 0 Å². The molecule has 0 radical (unpaired) electrons. The second-order valence-electron chi connectivity index (χ2n) is 5.83. The van der Waals surface area contributed by atoms with E-state index in [1.54, 1.807) is 0 Å². The van der Waals surface area contributed by atoms with Gasteiger partial charge < -0.3 is 10.2 Å². The Labute approximate surface area is 128 Å². The summed E-state index contributed by atoms with van der Waals surface area (Å²) in [4.78, 5) is 14.0. The first kappa shape index (κ1) is 16.2. The van der Waals surface area contributed by atoms with Crippen LogP contribution in [0.15, 0.2) is 12.4 Å². The molecule has 5 heteroatoms. The average molecular weight is 291 g/mol. The average Bonchev–Trinajstić information content (AvgIpc) is 2.55. The molecule has 1 N–H and O–H groups in total. The van der Waals surface area contributed by atoms with Gasteiger partial charge in [-0.3, -0.25) is 9.88 Å². The molecule has 0 bridgehead atoms. The Hall–Kier alpha value is -1.20. The highest BCUT2D eigenvalue weighted by molar-refractivity contribution is 5.37. The molecule has 1 aromatic rings. The van der Waals surface area contributed by atoms with Crippen molar-refractivity contribution < 1.29 is 0 Å². The van der Waals surface area contributed by atoms with Crippen LogP contribution in [0.25, 0.3) is 0 Å². The van der Waals surface area contributed by atoms with Gasteiger partial charge in [0.25, 0.3) is 0 Å². The van der Waals surface area contributed by atoms with Crippen molar-refractivity contribution >= 4 is 5.82 Å². The second-order valence-corrected chi connectivity index (χ2v) is 5.83. The first-order chi connectivity index (χ1) is 10.2. The maximum absolute atomic E-state index is 4.74. The quantitative estimate of drug-likeness (QED) is 0.777. The molecule has 1 aromatic heterocycles. The Balaban J connectivity index is 1.89. The molecule has 0 spiro atoms. The highest BCUT2D eigenvalue weighted by Gasteiger charge is 2.21. The minimum absolute atomic E-state index is 0.683. The van der Waals surface area contributed by atoms with Crippen LogP contribution >= 0.6 is 0 Å². The predicted molar refractivity (Wildman–Crippen MR) is 87.6 cm³/mol. The van der Waals surface area contributed by atoms with Crippen molar-refractivity contribution in [2.45, 2.75) is 46.2 Å². The Morgan fingerprint density at radius 2 is 1.95 bits per heavy atom. The molecule has 2 rings (SSSR count). The van der Waals surface area contributed by atoms with E-state index in [-0.39, 0.29) is 0 Å². The van der Waals surface area contributed by atoms with Crippen LogP contribution in [0, 0.1) is 0 Å². The lowest BCUT2D eigenvalue weighted by atomic mass is 10.2. The summed E-state index contributed by atoms with van der Waals surface area (Å²) in [6.07, 6.45) is 6.12. The maximum Gasteiger partial charge on any atom is 0.147 e. The Kier molecular flexibility index (Phi) is 6.39. The van der Waals surface area contributed by atoms with E-state index in [0.717, 1.165) is 57.2 Å². The number of anilines is 1. The third kappa shape index (κ3) is 4.64. The zero-order valence-electron chi connectivity index (χ0n) is 13.7.